The number of hydrogen-bond donors (Lipinski definition) is 0. The van der Waals surface area contributed by atoms with Crippen LogP contribution in [0.1, 0.15) is 332 Å². The first kappa shape index (κ1) is 75.6. The fourth-order valence-electron chi connectivity index (χ4n) is 12.3. The standard InChI is InChI=1S/2C36H60O3S.Ca/c2*1-3-5-7-9-11-13-15-17-19-21-23-27-32-31-36(40(37,38)39)35-30-26-25-29-34(35)33(32)28-24-22-20-18-16-14-12-10-8-6-4-2;/h2*25-26,29-31H,3-24,27-28H2,1-2H3,(H,37,38,39);/q;;+2/p-2. The van der Waals surface area contributed by atoms with Crippen molar-refractivity contribution in [3.8, 4) is 0 Å². The van der Waals surface area contributed by atoms with Crippen LogP contribution in [0.4, 0.5) is 0 Å². The smallest absolute Gasteiger partial charge is 0.744 e. The summed E-state index contributed by atoms with van der Waals surface area (Å²) < 4.78 is 73.0. The van der Waals surface area contributed by atoms with E-state index in [0.29, 0.717) is 10.8 Å². The number of rotatable bonds is 50. The van der Waals surface area contributed by atoms with Crippen LogP contribution >= 0.6 is 0 Å². The van der Waals surface area contributed by atoms with Crippen molar-refractivity contribution in [2.75, 3.05) is 0 Å². The molecule has 0 aliphatic rings. The maximum absolute atomic E-state index is 12.2. The van der Waals surface area contributed by atoms with Crippen LogP contribution < -0.4 is 0 Å². The summed E-state index contributed by atoms with van der Waals surface area (Å²) in [7, 11) is -9.04. The van der Waals surface area contributed by atoms with Crippen LogP contribution in [0.5, 0.6) is 0 Å². The van der Waals surface area contributed by atoms with Gasteiger partial charge in [-0.3, -0.25) is 0 Å². The summed E-state index contributed by atoms with van der Waals surface area (Å²) in [4.78, 5) is -0.0762. The Balaban J connectivity index is 0.000000547. The van der Waals surface area contributed by atoms with E-state index in [2.05, 4.69) is 27.7 Å². The summed E-state index contributed by atoms with van der Waals surface area (Å²) in [5.74, 6) is 0. The van der Waals surface area contributed by atoms with Gasteiger partial charge in [-0.1, -0.05) is 333 Å². The second-order valence-electron chi connectivity index (χ2n) is 24.2. The van der Waals surface area contributed by atoms with E-state index in [9.17, 15) is 25.9 Å². The Morgan fingerprint density at radius 2 is 0.457 bits per heavy atom. The summed E-state index contributed by atoms with van der Waals surface area (Å²) >= 11 is 0. The van der Waals surface area contributed by atoms with Gasteiger partial charge in [0.1, 0.15) is 20.2 Å². The normalized spacial score (nSPS) is 11.8. The molecule has 0 atom stereocenters. The van der Waals surface area contributed by atoms with Gasteiger partial charge < -0.3 is 9.11 Å². The van der Waals surface area contributed by atoms with Gasteiger partial charge in [-0.15, -0.1) is 0 Å². The molecule has 0 fully saturated rings. The maximum atomic E-state index is 12.2. The van der Waals surface area contributed by atoms with Crippen LogP contribution in [0.25, 0.3) is 21.5 Å². The molecule has 0 saturated heterocycles. The molecule has 6 nitrogen and oxygen atoms in total. The zero-order valence-corrected chi connectivity index (χ0v) is 56.5. The molecule has 0 radical (unpaired) electrons. The fraction of sp³-hybridized carbons (Fsp3) is 0.722. The molecule has 4 aromatic rings. The quantitative estimate of drug-likeness (QED) is 0.0247. The molecule has 0 aliphatic heterocycles. The first-order valence-corrected chi connectivity index (χ1v) is 36.8. The molecule has 0 aliphatic carbocycles. The minimum Gasteiger partial charge on any atom is -0.744 e. The Morgan fingerprint density at radius 1 is 0.272 bits per heavy atom. The number of unbranched alkanes of at least 4 members (excludes halogenated alkanes) is 40. The van der Waals surface area contributed by atoms with Gasteiger partial charge in [0.05, 0.1) is 9.79 Å². The number of aryl methyl sites for hydroxylation is 4. The summed E-state index contributed by atoms with van der Waals surface area (Å²) in [6.07, 6.45) is 61.0. The van der Waals surface area contributed by atoms with Crippen molar-refractivity contribution in [2.24, 2.45) is 0 Å². The summed E-state index contributed by atoms with van der Waals surface area (Å²) in [6, 6.07) is 18.7. The van der Waals surface area contributed by atoms with Gasteiger partial charge in [-0.25, -0.2) is 16.8 Å². The largest absolute Gasteiger partial charge is 2.00 e. The van der Waals surface area contributed by atoms with Crippen molar-refractivity contribution >= 4 is 79.5 Å². The minimum atomic E-state index is -4.52. The third-order valence-corrected chi connectivity index (χ3v) is 18.9. The van der Waals surface area contributed by atoms with E-state index in [1.54, 1.807) is 24.3 Å². The first-order valence-electron chi connectivity index (χ1n) is 34.0. The predicted molar refractivity (Wildman–Crippen MR) is 350 cm³/mol. The first-order chi connectivity index (χ1) is 39.0. The molecule has 0 aromatic heterocycles. The maximum Gasteiger partial charge on any atom is 2.00 e. The van der Waals surface area contributed by atoms with E-state index < -0.39 is 20.2 Å². The third-order valence-electron chi connectivity index (χ3n) is 17.1. The molecular formula is C72H118CaO6S2. The Hall–Kier alpha value is -1.52. The van der Waals surface area contributed by atoms with Gasteiger partial charge in [0.25, 0.3) is 0 Å². The summed E-state index contributed by atoms with van der Waals surface area (Å²) in [6.45, 7) is 9.06. The molecule has 456 valence electrons. The average Bonchev–Trinajstić information content (AvgIpc) is 3.62. The van der Waals surface area contributed by atoms with Crippen LogP contribution in [0.15, 0.2) is 70.5 Å². The van der Waals surface area contributed by atoms with Crippen molar-refractivity contribution in [1.82, 2.24) is 0 Å². The Bertz CT molecular complexity index is 2230. The van der Waals surface area contributed by atoms with Gasteiger partial charge >= 0.3 is 37.7 Å². The molecule has 9 heteroatoms. The Labute approximate surface area is 529 Å². The third kappa shape index (κ3) is 33.8. The summed E-state index contributed by atoms with van der Waals surface area (Å²) in [5, 5.41) is 3.12. The number of hydrogen-bond acceptors (Lipinski definition) is 6. The molecule has 0 spiro atoms. The van der Waals surface area contributed by atoms with Crippen molar-refractivity contribution in [3.63, 3.8) is 0 Å². The predicted octanol–water partition coefficient (Wildman–Crippen LogP) is 22.5. The molecule has 0 N–H and O–H groups in total. The van der Waals surface area contributed by atoms with Crippen LogP contribution in [-0.4, -0.2) is 63.7 Å². The van der Waals surface area contributed by atoms with Crippen molar-refractivity contribution < 1.29 is 25.9 Å². The van der Waals surface area contributed by atoms with E-state index >= 15 is 0 Å². The Morgan fingerprint density at radius 3 is 0.667 bits per heavy atom. The zero-order valence-electron chi connectivity index (χ0n) is 52.7. The summed E-state index contributed by atoms with van der Waals surface area (Å²) in [5.41, 5.74) is 4.70. The second-order valence-corrected chi connectivity index (χ2v) is 26.9. The SMILES string of the molecule is CCCCCCCCCCCCCc1cc(S(=O)(=O)[O-])c2ccccc2c1CCCCCCCCCCCCC.CCCCCCCCCCCCCc1cc(S(=O)(=O)[O-])c2ccccc2c1CCCCCCCCCCCCC.[Ca+2]. The molecule has 4 rings (SSSR count). The van der Waals surface area contributed by atoms with E-state index in [4.69, 9.17) is 0 Å². The fourth-order valence-corrected chi connectivity index (χ4v) is 13.7. The molecule has 0 amide bonds. The van der Waals surface area contributed by atoms with Crippen molar-refractivity contribution in [2.45, 2.75) is 346 Å². The van der Waals surface area contributed by atoms with Crippen LogP contribution in [-0.2, 0) is 45.9 Å². The van der Waals surface area contributed by atoms with Gasteiger partial charge in [0, 0.05) is 0 Å². The van der Waals surface area contributed by atoms with Crippen molar-refractivity contribution in [3.05, 3.63) is 82.9 Å². The van der Waals surface area contributed by atoms with Crippen LogP contribution in [0.3, 0.4) is 0 Å². The molecular weight excluding hydrogens is 1060 g/mol. The van der Waals surface area contributed by atoms with Crippen LogP contribution in [0, 0.1) is 0 Å². The number of benzene rings is 4. The van der Waals surface area contributed by atoms with Gasteiger partial charge in [0.2, 0.25) is 0 Å². The van der Waals surface area contributed by atoms with Gasteiger partial charge in [-0.05, 0) is 107 Å². The molecule has 0 bridgehead atoms. The minimum absolute atomic E-state index is 0. The van der Waals surface area contributed by atoms with E-state index in [1.807, 2.05) is 36.4 Å². The topological polar surface area (TPSA) is 114 Å². The van der Waals surface area contributed by atoms with Crippen molar-refractivity contribution in [1.29, 1.82) is 0 Å². The Kier molecular flexibility index (Phi) is 45.3. The average molecular weight is 1180 g/mol. The second kappa shape index (κ2) is 48.6. The van der Waals surface area contributed by atoms with Gasteiger partial charge in [-0.2, -0.15) is 0 Å². The van der Waals surface area contributed by atoms with Crippen LogP contribution in [0.2, 0.25) is 0 Å². The van der Waals surface area contributed by atoms with E-state index in [1.165, 1.54) is 268 Å². The van der Waals surface area contributed by atoms with E-state index in [-0.39, 0.29) is 47.5 Å². The van der Waals surface area contributed by atoms with Gasteiger partial charge in [0.15, 0.2) is 0 Å². The molecule has 81 heavy (non-hydrogen) atoms. The molecule has 0 heterocycles. The zero-order chi connectivity index (χ0) is 57.8. The molecule has 4 aromatic carbocycles. The monoisotopic (exact) mass is 1180 g/mol. The van der Waals surface area contributed by atoms with E-state index in [0.717, 1.165) is 73.3 Å². The molecule has 0 saturated carbocycles. The molecule has 0 unspecified atom stereocenters. The number of fused-ring (bicyclic) bond motifs is 2.